The summed E-state index contributed by atoms with van der Waals surface area (Å²) in [6.07, 6.45) is 4.37. The van der Waals surface area contributed by atoms with Gasteiger partial charge in [0.25, 0.3) is 0 Å². The van der Waals surface area contributed by atoms with E-state index in [1.165, 1.54) is 12.8 Å². The highest BCUT2D eigenvalue weighted by Crippen LogP contribution is 2.19. The average molecular weight is 210 g/mol. The van der Waals surface area contributed by atoms with Crippen LogP contribution in [0, 0.1) is 0 Å². The van der Waals surface area contributed by atoms with E-state index in [1.54, 1.807) is 13.0 Å². The molecule has 1 N–H and O–H groups in total. The van der Waals surface area contributed by atoms with Gasteiger partial charge in [0.1, 0.15) is 17.4 Å². The molecule has 1 aromatic rings. The van der Waals surface area contributed by atoms with Crippen LogP contribution in [-0.2, 0) is 11.2 Å². The van der Waals surface area contributed by atoms with Gasteiger partial charge in [-0.2, -0.15) is 0 Å². The third-order valence-corrected chi connectivity index (χ3v) is 2.51. The maximum Gasteiger partial charge on any atom is 0.313 e. The zero-order valence-corrected chi connectivity index (χ0v) is 9.32. The van der Waals surface area contributed by atoms with Gasteiger partial charge in [0.15, 0.2) is 0 Å². The van der Waals surface area contributed by atoms with E-state index in [4.69, 9.17) is 9.52 Å². The molecular formula is C12H18O3. The SMILES string of the molecule is CCCCCc1ccc(C(C)C(=O)O)o1. The van der Waals surface area contributed by atoms with Crippen LogP contribution in [0.15, 0.2) is 16.5 Å². The molecule has 0 saturated heterocycles. The van der Waals surface area contributed by atoms with E-state index >= 15 is 0 Å². The number of carbonyl (C=O) groups is 1. The van der Waals surface area contributed by atoms with Crippen molar-refractivity contribution in [3.05, 3.63) is 23.7 Å². The molecule has 0 fully saturated rings. The second kappa shape index (κ2) is 5.59. The van der Waals surface area contributed by atoms with Gasteiger partial charge in [0, 0.05) is 6.42 Å². The summed E-state index contributed by atoms with van der Waals surface area (Å²) in [4.78, 5) is 10.7. The van der Waals surface area contributed by atoms with Gasteiger partial charge < -0.3 is 9.52 Å². The number of carboxylic acid groups (broad SMARTS) is 1. The van der Waals surface area contributed by atoms with Crippen LogP contribution in [0.2, 0.25) is 0 Å². The molecule has 0 spiro atoms. The Balaban J connectivity index is 2.52. The monoisotopic (exact) mass is 210 g/mol. The Hall–Kier alpha value is -1.25. The third kappa shape index (κ3) is 3.42. The van der Waals surface area contributed by atoms with Gasteiger partial charge in [-0.1, -0.05) is 19.8 Å². The van der Waals surface area contributed by atoms with Crippen molar-refractivity contribution in [3.63, 3.8) is 0 Å². The Kier molecular flexibility index (Phi) is 4.40. The van der Waals surface area contributed by atoms with Crippen LogP contribution in [0.4, 0.5) is 0 Å². The Morgan fingerprint density at radius 3 is 2.80 bits per heavy atom. The summed E-state index contributed by atoms with van der Waals surface area (Å²) in [5.41, 5.74) is 0. The van der Waals surface area contributed by atoms with E-state index in [0.29, 0.717) is 5.76 Å². The molecule has 0 aliphatic heterocycles. The van der Waals surface area contributed by atoms with Gasteiger partial charge in [-0.3, -0.25) is 4.79 Å². The van der Waals surface area contributed by atoms with Gasteiger partial charge in [-0.05, 0) is 25.5 Å². The highest BCUT2D eigenvalue weighted by Gasteiger charge is 2.17. The van der Waals surface area contributed by atoms with Crippen LogP contribution in [0.25, 0.3) is 0 Å². The molecule has 84 valence electrons. The number of furan rings is 1. The summed E-state index contributed by atoms with van der Waals surface area (Å²) in [7, 11) is 0. The smallest absolute Gasteiger partial charge is 0.313 e. The first-order valence-electron chi connectivity index (χ1n) is 5.46. The summed E-state index contributed by atoms with van der Waals surface area (Å²) < 4.78 is 5.47. The van der Waals surface area contributed by atoms with Gasteiger partial charge >= 0.3 is 5.97 Å². The minimum Gasteiger partial charge on any atom is -0.481 e. The van der Waals surface area contributed by atoms with Crippen molar-refractivity contribution < 1.29 is 14.3 Å². The van der Waals surface area contributed by atoms with Crippen molar-refractivity contribution in [2.45, 2.75) is 45.4 Å². The van der Waals surface area contributed by atoms with Crippen LogP contribution in [0.3, 0.4) is 0 Å². The van der Waals surface area contributed by atoms with Crippen LogP contribution >= 0.6 is 0 Å². The molecule has 1 unspecified atom stereocenters. The van der Waals surface area contributed by atoms with E-state index in [9.17, 15) is 4.79 Å². The molecule has 1 rings (SSSR count). The van der Waals surface area contributed by atoms with E-state index < -0.39 is 11.9 Å². The largest absolute Gasteiger partial charge is 0.481 e. The molecule has 15 heavy (non-hydrogen) atoms. The second-order valence-corrected chi connectivity index (χ2v) is 3.82. The van der Waals surface area contributed by atoms with E-state index in [-0.39, 0.29) is 0 Å². The van der Waals surface area contributed by atoms with E-state index in [2.05, 4.69) is 6.92 Å². The van der Waals surface area contributed by atoms with Crippen molar-refractivity contribution in [1.29, 1.82) is 0 Å². The zero-order chi connectivity index (χ0) is 11.3. The maximum absolute atomic E-state index is 10.7. The number of hydrogen-bond acceptors (Lipinski definition) is 2. The Morgan fingerprint density at radius 1 is 1.47 bits per heavy atom. The first-order valence-corrected chi connectivity index (χ1v) is 5.46. The second-order valence-electron chi connectivity index (χ2n) is 3.82. The predicted molar refractivity (Wildman–Crippen MR) is 58.0 cm³/mol. The third-order valence-electron chi connectivity index (χ3n) is 2.51. The lowest BCUT2D eigenvalue weighted by molar-refractivity contribution is -0.138. The average Bonchev–Trinajstić information content (AvgIpc) is 2.65. The lowest BCUT2D eigenvalue weighted by Gasteiger charge is -2.01. The Labute approximate surface area is 90.1 Å². The fourth-order valence-electron chi connectivity index (χ4n) is 1.43. The molecule has 3 nitrogen and oxygen atoms in total. The Morgan fingerprint density at radius 2 is 2.20 bits per heavy atom. The molecule has 0 bridgehead atoms. The van der Waals surface area contributed by atoms with Crippen LogP contribution < -0.4 is 0 Å². The van der Waals surface area contributed by atoms with Gasteiger partial charge in [-0.15, -0.1) is 0 Å². The lowest BCUT2D eigenvalue weighted by Crippen LogP contribution is -2.05. The van der Waals surface area contributed by atoms with E-state index in [1.807, 2.05) is 6.07 Å². The summed E-state index contributed by atoms with van der Waals surface area (Å²) in [5, 5.41) is 8.80. The first kappa shape index (κ1) is 11.8. The standard InChI is InChI=1S/C12H18O3/c1-3-4-5-6-10-7-8-11(15-10)9(2)12(13)14/h7-9H,3-6H2,1-2H3,(H,13,14). The number of hydrogen-bond donors (Lipinski definition) is 1. The number of carboxylic acids is 1. The fourth-order valence-corrected chi connectivity index (χ4v) is 1.43. The maximum atomic E-state index is 10.7. The van der Waals surface area contributed by atoms with Crippen molar-refractivity contribution in [3.8, 4) is 0 Å². The molecule has 1 atom stereocenters. The molecule has 0 saturated carbocycles. The summed E-state index contributed by atoms with van der Waals surface area (Å²) in [6, 6.07) is 3.64. The fraction of sp³-hybridized carbons (Fsp3) is 0.583. The van der Waals surface area contributed by atoms with Gasteiger partial charge in [0.2, 0.25) is 0 Å². The molecule has 0 aliphatic rings. The molecular weight excluding hydrogens is 192 g/mol. The number of aliphatic carboxylic acids is 1. The molecule has 3 heteroatoms. The normalized spacial score (nSPS) is 12.7. The number of aryl methyl sites for hydroxylation is 1. The molecule has 0 aromatic carbocycles. The summed E-state index contributed by atoms with van der Waals surface area (Å²) >= 11 is 0. The molecule has 0 amide bonds. The van der Waals surface area contributed by atoms with Gasteiger partial charge in [-0.25, -0.2) is 0 Å². The highest BCUT2D eigenvalue weighted by atomic mass is 16.4. The van der Waals surface area contributed by atoms with Crippen molar-refractivity contribution in [2.24, 2.45) is 0 Å². The molecule has 0 radical (unpaired) electrons. The quantitative estimate of drug-likeness (QED) is 0.733. The van der Waals surface area contributed by atoms with Crippen molar-refractivity contribution >= 4 is 5.97 Å². The number of rotatable bonds is 6. The Bertz CT molecular complexity index is 314. The van der Waals surface area contributed by atoms with Crippen LogP contribution in [0.5, 0.6) is 0 Å². The zero-order valence-electron chi connectivity index (χ0n) is 9.32. The predicted octanol–water partition coefficient (Wildman–Crippen LogP) is 3.20. The van der Waals surface area contributed by atoms with Crippen LogP contribution in [0.1, 0.15) is 50.5 Å². The first-order chi connectivity index (χ1) is 7.15. The molecule has 0 aliphatic carbocycles. The molecule has 1 aromatic heterocycles. The van der Waals surface area contributed by atoms with E-state index in [0.717, 1.165) is 18.6 Å². The summed E-state index contributed by atoms with van der Waals surface area (Å²) in [6.45, 7) is 3.79. The lowest BCUT2D eigenvalue weighted by atomic mass is 10.1. The minimum atomic E-state index is -0.843. The minimum absolute atomic E-state index is 0.550. The summed E-state index contributed by atoms with van der Waals surface area (Å²) in [5.74, 6) is 0.0509. The van der Waals surface area contributed by atoms with Gasteiger partial charge in [0.05, 0.1) is 0 Å². The van der Waals surface area contributed by atoms with Crippen LogP contribution in [-0.4, -0.2) is 11.1 Å². The van der Waals surface area contributed by atoms with Crippen molar-refractivity contribution in [2.75, 3.05) is 0 Å². The van der Waals surface area contributed by atoms with Crippen molar-refractivity contribution in [1.82, 2.24) is 0 Å². The number of unbranched alkanes of at least 4 members (excludes halogenated alkanes) is 2. The highest BCUT2D eigenvalue weighted by molar-refractivity contribution is 5.74. The molecule has 1 heterocycles. The topological polar surface area (TPSA) is 50.4 Å².